The van der Waals surface area contributed by atoms with Crippen LogP contribution in [0.3, 0.4) is 0 Å². The van der Waals surface area contributed by atoms with Gasteiger partial charge in [0.05, 0.1) is 12.6 Å². The highest BCUT2D eigenvalue weighted by Gasteiger charge is 2.34. The Morgan fingerprint density at radius 1 is 1.05 bits per heavy atom. The lowest BCUT2D eigenvalue weighted by Crippen LogP contribution is -2.56. The van der Waals surface area contributed by atoms with Crippen LogP contribution in [0.5, 0.6) is 5.75 Å². The van der Waals surface area contributed by atoms with Crippen molar-refractivity contribution in [3.05, 3.63) is 89.0 Å². The van der Waals surface area contributed by atoms with Gasteiger partial charge in [-0.3, -0.25) is 9.59 Å². The number of amides is 4. The Morgan fingerprint density at radius 3 is 2.45 bits per heavy atom. The molecule has 3 aromatic rings. The third kappa shape index (κ3) is 6.79. The van der Waals surface area contributed by atoms with Crippen molar-refractivity contribution in [1.29, 1.82) is 0 Å². The van der Waals surface area contributed by atoms with Crippen molar-refractivity contribution in [3.8, 4) is 16.9 Å². The van der Waals surface area contributed by atoms with Crippen LogP contribution in [0.1, 0.15) is 36.1 Å². The highest BCUT2D eigenvalue weighted by atomic mass is 16.5. The van der Waals surface area contributed by atoms with Gasteiger partial charge in [-0.2, -0.15) is 0 Å². The molecule has 0 aromatic heterocycles. The molecule has 5 N–H and O–H groups in total. The summed E-state index contributed by atoms with van der Waals surface area (Å²) < 4.78 is 5.40. The molecule has 0 fully saturated rings. The molecule has 1 aliphatic rings. The van der Waals surface area contributed by atoms with Gasteiger partial charge in [0.1, 0.15) is 11.8 Å². The molecular formula is C31H37N5O4. The minimum atomic E-state index is -1.11. The SMILES string of the molecule is CNC(=O)NCc1ccccc1-c1ccc(CN2Cc3ccc(OC)cc3C[C@@H](NC(=O)C(C)(C)N)C2=O)cc1. The van der Waals surface area contributed by atoms with E-state index in [1.165, 1.54) is 0 Å². The van der Waals surface area contributed by atoms with Crippen molar-refractivity contribution >= 4 is 17.8 Å². The molecule has 9 heteroatoms. The van der Waals surface area contributed by atoms with E-state index < -0.39 is 11.6 Å². The van der Waals surface area contributed by atoms with E-state index in [4.69, 9.17) is 10.5 Å². The second-order valence-electron chi connectivity index (χ2n) is 10.6. The van der Waals surface area contributed by atoms with Gasteiger partial charge in [0, 0.05) is 33.1 Å². The molecule has 0 saturated heterocycles. The van der Waals surface area contributed by atoms with Crippen LogP contribution in [-0.2, 0) is 35.6 Å². The quantitative estimate of drug-likeness (QED) is 0.347. The minimum Gasteiger partial charge on any atom is -0.497 e. The summed E-state index contributed by atoms with van der Waals surface area (Å²) in [6.45, 7) is 4.42. The van der Waals surface area contributed by atoms with E-state index >= 15 is 0 Å². The summed E-state index contributed by atoms with van der Waals surface area (Å²) in [5.74, 6) is 0.152. The van der Waals surface area contributed by atoms with Gasteiger partial charge in [-0.15, -0.1) is 0 Å². The summed E-state index contributed by atoms with van der Waals surface area (Å²) in [5, 5.41) is 8.27. The highest BCUT2D eigenvalue weighted by Crippen LogP contribution is 2.27. The molecule has 0 spiro atoms. The lowest BCUT2D eigenvalue weighted by atomic mass is 9.98. The summed E-state index contributed by atoms with van der Waals surface area (Å²) in [4.78, 5) is 39.9. The molecule has 0 radical (unpaired) electrons. The average Bonchev–Trinajstić information content (AvgIpc) is 3.07. The van der Waals surface area contributed by atoms with Crippen LogP contribution in [0, 0.1) is 0 Å². The lowest BCUT2D eigenvalue weighted by molar-refractivity contribution is -0.138. The Bertz CT molecular complexity index is 1380. The van der Waals surface area contributed by atoms with Gasteiger partial charge in [0.15, 0.2) is 0 Å². The summed E-state index contributed by atoms with van der Waals surface area (Å²) >= 11 is 0. The highest BCUT2D eigenvalue weighted by molar-refractivity contribution is 5.92. The predicted octanol–water partition coefficient (Wildman–Crippen LogP) is 3.10. The van der Waals surface area contributed by atoms with Crippen molar-refractivity contribution in [3.63, 3.8) is 0 Å². The summed E-state index contributed by atoms with van der Waals surface area (Å²) in [5.41, 5.74) is 10.8. The maximum atomic E-state index is 13.7. The number of methoxy groups -OCH3 is 1. The number of rotatable bonds is 8. The first kappa shape index (κ1) is 28.6. The monoisotopic (exact) mass is 543 g/mol. The van der Waals surface area contributed by atoms with Crippen LogP contribution in [0.2, 0.25) is 0 Å². The topological polar surface area (TPSA) is 126 Å². The molecule has 1 atom stereocenters. The van der Waals surface area contributed by atoms with E-state index in [0.29, 0.717) is 31.8 Å². The number of hydrogen-bond acceptors (Lipinski definition) is 5. The number of ether oxygens (including phenoxy) is 1. The van der Waals surface area contributed by atoms with Gasteiger partial charge in [-0.1, -0.05) is 54.6 Å². The fourth-order valence-electron chi connectivity index (χ4n) is 4.71. The van der Waals surface area contributed by atoms with Crippen molar-refractivity contribution in [2.45, 2.75) is 51.5 Å². The summed E-state index contributed by atoms with van der Waals surface area (Å²) in [7, 11) is 3.19. The normalized spacial score (nSPS) is 15.1. The zero-order valence-corrected chi connectivity index (χ0v) is 23.4. The summed E-state index contributed by atoms with van der Waals surface area (Å²) in [6.07, 6.45) is 0.351. The second-order valence-corrected chi connectivity index (χ2v) is 10.6. The van der Waals surface area contributed by atoms with Crippen LogP contribution < -0.4 is 26.4 Å². The van der Waals surface area contributed by atoms with Crippen molar-refractivity contribution in [2.24, 2.45) is 5.73 Å². The Hall–Kier alpha value is -4.37. The smallest absolute Gasteiger partial charge is 0.314 e. The number of nitrogens with two attached hydrogens (primary N) is 1. The Labute approximate surface area is 235 Å². The largest absolute Gasteiger partial charge is 0.497 e. The zero-order valence-electron chi connectivity index (χ0n) is 23.4. The van der Waals surface area contributed by atoms with E-state index in [0.717, 1.165) is 33.4 Å². The molecule has 0 unspecified atom stereocenters. The van der Waals surface area contributed by atoms with Crippen LogP contribution >= 0.6 is 0 Å². The van der Waals surface area contributed by atoms with Gasteiger partial charge in [0.25, 0.3) is 0 Å². The Balaban J connectivity index is 1.57. The lowest BCUT2D eigenvalue weighted by Gasteiger charge is -2.27. The number of benzene rings is 3. The molecule has 3 aromatic carbocycles. The fraction of sp³-hybridized carbons (Fsp3) is 0.323. The number of carbonyl (C=O) groups is 3. The fourth-order valence-corrected chi connectivity index (χ4v) is 4.71. The molecule has 9 nitrogen and oxygen atoms in total. The van der Waals surface area contributed by atoms with Crippen LogP contribution in [0.4, 0.5) is 4.79 Å². The number of urea groups is 1. The first-order valence-electron chi connectivity index (χ1n) is 13.3. The van der Waals surface area contributed by atoms with Crippen molar-refractivity contribution in [1.82, 2.24) is 20.9 Å². The molecule has 4 rings (SSSR count). The number of nitrogens with zero attached hydrogens (tertiary/aromatic N) is 1. The number of nitrogens with one attached hydrogen (secondary N) is 3. The molecule has 1 aliphatic heterocycles. The maximum absolute atomic E-state index is 13.7. The van der Waals surface area contributed by atoms with Gasteiger partial charge >= 0.3 is 6.03 Å². The number of hydrogen-bond donors (Lipinski definition) is 4. The summed E-state index contributed by atoms with van der Waals surface area (Å²) in [6, 6.07) is 20.7. The van der Waals surface area contributed by atoms with Gasteiger partial charge in [-0.05, 0) is 59.4 Å². The first-order valence-corrected chi connectivity index (χ1v) is 13.3. The maximum Gasteiger partial charge on any atom is 0.314 e. The molecule has 210 valence electrons. The van der Waals surface area contributed by atoms with Crippen LogP contribution in [0.25, 0.3) is 11.1 Å². The van der Waals surface area contributed by atoms with Gasteiger partial charge in [0.2, 0.25) is 11.8 Å². The van der Waals surface area contributed by atoms with E-state index in [2.05, 4.69) is 16.0 Å². The van der Waals surface area contributed by atoms with E-state index in [-0.39, 0.29) is 17.8 Å². The van der Waals surface area contributed by atoms with Crippen LogP contribution in [0.15, 0.2) is 66.7 Å². The molecule has 1 heterocycles. The number of carbonyl (C=O) groups excluding carboxylic acids is 3. The second kappa shape index (κ2) is 12.2. The predicted molar refractivity (Wildman–Crippen MR) is 154 cm³/mol. The third-order valence-corrected chi connectivity index (χ3v) is 7.02. The minimum absolute atomic E-state index is 0.164. The van der Waals surface area contributed by atoms with Crippen molar-refractivity contribution < 1.29 is 19.1 Å². The van der Waals surface area contributed by atoms with Crippen molar-refractivity contribution in [2.75, 3.05) is 14.2 Å². The molecule has 0 saturated carbocycles. The van der Waals surface area contributed by atoms with Gasteiger partial charge < -0.3 is 31.3 Å². The molecule has 4 amide bonds. The zero-order chi connectivity index (χ0) is 28.9. The molecule has 40 heavy (non-hydrogen) atoms. The Kier molecular flexibility index (Phi) is 8.74. The van der Waals surface area contributed by atoms with E-state index in [1.54, 1.807) is 32.9 Å². The molecular weight excluding hydrogens is 506 g/mol. The van der Waals surface area contributed by atoms with E-state index in [9.17, 15) is 14.4 Å². The van der Waals surface area contributed by atoms with Crippen LogP contribution in [-0.4, -0.2) is 48.5 Å². The first-order chi connectivity index (χ1) is 19.1. The average molecular weight is 544 g/mol. The Morgan fingerprint density at radius 2 is 1.77 bits per heavy atom. The molecule has 0 bridgehead atoms. The standard InChI is InChI=1S/C31H37N5O4/c1-31(2,32)29(38)35-27-16-24-15-25(40-4)14-13-23(24)19-36(28(27)37)18-20-9-11-21(12-10-20)26-8-6-5-7-22(26)17-34-30(39)33-3/h5-15,27H,16-19,32H2,1-4H3,(H,35,38)(H2,33,34,39)/t27-/m1/s1. The van der Waals surface area contributed by atoms with Gasteiger partial charge in [-0.25, -0.2) is 4.79 Å². The third-order valence-electron chi connectivity index (χ3n) is 7.02. The van der Waals surface area contributed by atoms with E-state index in [1.807, 2.05) is 66.7 Å². The number of fused-ring (bicyclic) bond motifs is 1. The molecule has 0 aliphatic carbocycles.